The molecule has 1 heterocycles. The molecule has 2 aromatic carbocycles. The first-order valence-electron chi connectivity index (χ1n) is 7.89. The van der Waals surface area contributed by atoms with Gasteiger partial charge in [-0.25, -0.2) is 0 Å². The SMILES string of the molecule is COc1ccc(-c2nnc(SCC(=O)[O-])n2-c2cccc(C(F)(F)F)c2)cc1. The summed E-state index contributed by atoms with van der Waals surface area (Å²) in [4.78, 5) is 10.8. The zero-order valence-corrected chi connectivity index (χ0v) is 15.3. The predicted octanol–water partition coefficient (Wildman–Crippen LogP) is 2.80. The van der Waals surface area contributed by atoms with E-state index in [1.807, 2.05) is 0 Å². The molecule has 1 aromatic heterocycles. The largest absolute Gasteiger partial charge is 0.549 e. The van der Waals surface area contributed by atoms with Crippen LogP contribution in [0.25, 0.3) is 17.1 Å². The molecule has 0 radical (unpaired) electrons. The second-order valence-electron chi connectivity index (χ2n) is 5.58. The van der Waals surface area contributed by atoms with Gasteiger partial charge in [-0.1, -0.05) is 17.8 Å². The van der Waals surface area contributed by atoms with Crippen LogP contribution < -0.4 is 9.84 Å². The summed E-state index contributed by atoms with van der Waals surface area (Å²) in [7, 11) is 1.51. The highest BCUT2D eigenvalue weighted by Crippen LogP contribution is 2.33. The Morgan fingerprint density at radius 2 is 1.89 bits per heavy atom. The Morgan fingerprint density at radius 1 is 1.18 bits per heavy atom. The third-order valence-electron chi connectivity index (χ3n) is 3.73. The standard InChI is InChI=1S/C18H14F3N3O3S/c1-27-14-7-5-11(6-8-14)16-22-23-17(28-10-15(25)26)24(16)13-4-2-3-12(9-13)18(19,20)21/h2-9H,10H2,1H3,(H,25,26)/p-1. The van der Waals surface area contributed by atoms with Crippen LogP contribution in [0, 0.1) is 0 Å². The molecule has 0 aliphatic carbocycles. The third kappa shape index (κ3) is 4.28. The lowest BCUT2D eigenvalue weighted by Gasteiger charge is -2.13. The van der Waals surface area contributed by atoms with E-state index in [4.69, 9.17) is 4.74 Å². The van der Waals surface area contributed by atoms with E-state index in [2.05, 4.69) is 10.2 Å². The van der Waals surface area contributed by atoms with Crippen LogP contribution in [0.5, 0.6) is 5.75 Å². The Morgan fingerprint density at radius 3 is 2.50 bits per heavy atom. The van der Waals surface area contributed by atoms with Gasteiger partial charge in [-0.15, -0.1) is 10.2 Å². The molecule has 0 saturated heterocycles. The Labute approximate surface area is 162 Å². The minimum Gasteiger partial charge on any atom is -0.549 e. The van der Waals surface area contributed by atoms with Crippen LogP contribution in [0.3, 0.4) is 0 Å². The number of aliphatic carboxylic acids is 1. The molecule has 10 heteroatoms. The molecule has 0 atom stereocenters. The lowest BCUT2D eigenvalue weighted by atomic mass is 10.1. The molecule has 3 aromatic rings. The zero-order chi connectivity index (χ0) is 20.3. The van der Waals surface area contributed by atoms with Crippen molar-refractivity contribution in [2.24, 2.45) is 0 Å². The fourth-order valence-electron chi connectivity index (χ4n) is 2.47. The van der Waals surface area contributed by atoms with E-state index in [0.29, 0.717) is 11.3 Å². The molecule has 0 unspecified atom stereocenters. The highest BCUT2D eigenvalue weighted by molar-refractivity contribution is 7.99. The summed E-state index contributed by atoms with van der Waals surface area (Å²) in [6.07, 6.45) is -4.53. The summed E-state index contributed by atoms with van der Waals surface area (Å²) in [5.41, 5.74) is -0.104. The third-order valence-corrected chi connectivity index (χ3v) is 4.63. The topological polar surface area (TPSA) is 80.1 Å². The molecule has 0 fully saturated rings. The van der Waals surface area contributed by atoms with Crippen molar-refractivity contribution in [2.45, 2.75) is 11.3 Å². The Bertz CT molecular complexity index is 988. The molecule has 0 aliphatic rings. The van der Waals surface area contributed by atoms with E-state index >= 15 is 0 Å². The molecule has 0 aliphatic heterocycles. The van der Waals surface area contributed by atoms with Crippen LogP contribution in [0.2, 0.25) is 0 Å². The van der Waals surface area contributed by atoms with E-state index in [1.165, 1.54) is 23.8 Å². The van der Waals surface area contributed by atoms with Gasteiger partial charge in [-0.3, -0.25) is 4.57 Å². The van der Waals surface area contributed by atoms with Crippen molar-refractivity contribution in [3.8, 4) is 22.8 Å². The van der Waals surface area contributed by atoms with Crippen molar-refractivity contribution in [3.05, 3.63) is 54.1 Å². The maximum absolute atomic E-state index is 13.1. The molecule has 0 spiro atoms. The van der Waals surface area contributed by atoms with E-state index in [1.54, 1.807) is 24.3 Å². The molecule has 0 amide bonds. The fourth-order valence-corrected chi connectivity index (χ4v) is 3.13. The van der Waals surface area contributed by atoms with Crippen LogP contribution in [0.1, 0.15) is 5.56 Å². The normalized spacial score (nSPS) is 11.4. The number of nitrogens with zero attached hydrogens (tertiary/aromatic N) is 3. The number of rotatable bonds is 6. The number of carboxylic acids is 1. The van der Waals surface area contributed by atoms with Crippen molar-refractivity contribution in [1.82, 2.24) is 14.8 Å². The minimum absolute atomic E-state index is 0.134. The van der Waals surface area contributed by atoms with Gasteiger partial charge >= 0.3 is 6.18 Å². The first-order valence-corrected chi connectivity index (χ1v) is 8.88. The van der Waals surface area contributed by atoms with Gasteiger partial charge < -0.3 is 14.6 Å². The molecule has 0 saturated carbocycles. The molecule has 146 valence electrons. The summed E-state index contributed by atoms with van der Waals surface area (Å²) in [6, 6.07) is 11.4. The smallest absolute Gasteiger partial charge is 0.416 e. The monoisotopic (exact) mass is 408 g/mol. The minimum atomic E-state index is -4.53. The van der Waals surface area contributed by atoms with Gasteiger partial charge in [0.1, 0.15) is 5.75 Å². The summed E-state index contributed by atoms with van der Waals surface area (Å²) >= 11 is 0.808. The molecule has 0 N–H and O–H groups in total. The number of methoxy groups -OCH3 is 1. The molecular formula is C18H13F3N3O3S-. The van der Waals surface area contributed by atoms with Crippen LogP contribution >= 0.6 is 11.8 Å². The van der Waals surface area contributed by atoms with E-state index in [0.717, 1.165) is 23.9 Å². The van der Waals surface area contributed by atoms with Crippen molar-refractivity contribution in [3.63, 3.8) is 0 Å². The fraction of sp³-hybridized carbons (Fsp3) is 0.167. The van der Waals surface area contributed by atoms with Gasteiger partial charge in [0.2, 0.25) is 0 Å². The van der Waals surface area contributed by atoms with Crippen molar-refractivity contribution < 1.29 is 27.8 Å². The van der Waals surface area contributed by atoms with E-state index in [-0.39, 0.29) is 16.7 Å². The lowest BCUT2D eigenvalue weighted by molar-refractivity contribution is -0.301. The van der Waals surface area contributed by atoms with Crippen molar-refractivity contribution in [2.75, 3.05) is 12.9 Å². The second kappa shape index (κ2) is 7.93. The van der Waals surface area contributed by atoms with Crippen LogP contribution in [0.15, 0.2) is 53.7 Å². The average Bonchev–Trinajstić information content (AvgIpc) is 3.10. The van der Waals surface area contributed by atoms with Gasteiger partial charge in [0.25, 0.3) is 0 Å². The van der Waals surface area contributed by atoms with E-state index < -0.39 is 23.5 Å². The number of hydrogen-bond acceptors (Lipinski definition) is 6. The van der Waals surface area contributed by atoms with Gasteiger partial charge in [-0.2, -0.15) is 13.2 Å². The van der Waals surface area contributed by atoms with Crippen LogP contribution in [-0.4, -0.2) is 33.6 Å². The molecular weight excluding hydrogens is 395 g/mol. The summed E-state index contributed by atoms with van der Waals surface area (Å²) < 4.78 is 45.9. The highest BCUT2D eigenvalue weighted by Gasteiger charge is 2.31. The Kier molecular flexibility index (Phi) is 5.59. The number of ether oxygens (including phenoxy) is 1. The van der Waals surface area contributed by atoms with Gasteiger partial charge in [0.15, 0.2) is 11.0 Å². The maximum atomic E-state index is 13.1. The lowest BCUT2D eigenvalue weighted by Crippen LogP contribution is -2.24. The van der Waals surface area contributed by atoms with Crippen molar-refractivity contribution >= 4 is 17.7 Å². The average molecular weight is 408 g/mol. The summed E-state index contributed by atoms with van der Waals surface area (Å²) in [5.74, 6) is -0.877. The summed E-state index contributed by atoms with van der Waals surface area (Å²) in [6.45, 7) is 0. The molecule has 0 bridgehead atoms. The number of carboxylic acid groups (broad SMARTS) is 1. The Hall–Kier alpha value is -3.01. The van der Waals surface area contributed by atoms with Crippen LogP contribution in [-0.2, 0) is 11.0 Å². The van der Waals surface area contributed by atoms with Crippen LogP contribution in [0.4, 0.5) is 13.2 Å². The number of hydrogen-bond donors (Lipinski definition) is 0. The number of thioether (sulfide) groups is 1. The maximum Gasteiger partial charge on any atom is 0.416 e. The first-order chi connectivity index (χ1) is 13.3. The zero-order valence-electron chi connectivity index (χ0n) is 14.4. The number of benzene rings is 2. The Balaban J connectivity index is 2.13. The van der Waals surface area contributed by atoms with Crippen molar-refractivity contribution in [1.29, 1.82) is 0 Å². The van der Waals surface area contributed by atoms with Gasteiger partial charge in [0.05, 0.1) is 24.3 Å². The predicted molar refractivity (Wildman–Crippen MR) is 94.1 cm³/mol. The molecule has 6 nitrogen and oxygen atoms in total. The van der Waals surface area contributed by atoms with E-state index in [9.17, 15) is 23.1 Å². The molecule has 28 heavy (non-hydrogen) atoms. The number of aromatic nitrogens is 3. The summed E-state index contributed by atoms with van der Waals surface area (Å²) in [5, 5.41) is 18.9. The number of halogens is 3. The highest BCUT2D eigenvalue weighted by atomic mass is 32.2. The second-order valence-corrected chi connectivity index (χ2v) is 6.52. The number of carbonyl (C=O) groups excluding carboxylic acids is 1. The number of alkyl halides is 3. The van der Waals surface area contributed by atoms with Gasteiger partial charge in [0, 0.05) is 11.3 Å². The van der Waals surface area contributed by atoms with Gasteiger partial charge in [-0.05, 0) is 42.5 Å². The molecule has 3 rings (SSSR count). The quantitative estimate of drug-likeness (QED) is 0.584. The number of carbonyl (C=O) groups is 1. The first kappa shape index (κ1) is 19.7.